The van der Waals surface area contributed by atoms with Crippen LogP contribution in [0.1, 0.15) is 18.5 Å². The minimum Gasteiger partial charge on any atom is -0.348 e. The van der Waals surface area contributed by atoms with Crippen molar-refractivity contribution in [2.24, 2.45) is 0 Å². The molecule has 110 valence electrons. The minimum atomic E-state index is -0.0194. The molecule has 1 N–H and O–H groups in total. The Morgan fingerprint density at radius 1 is 1.24 bits per heavy atom. The molecule has 0 aliphatic heterocycles. The van der Waals surface area contributed by atoms with Crippen molar-refractivity contribution in [2.75, 3.05) is 20.6 Å². The molecule has 0 saturated carbocycles. The second-order valence-corrected chi connectivity index (χ2v) is 5.39. The molecular formula is C17H21N3O. The Labute approximate surface area is 125 Å². The molecule has 1 amide bonds. The number of nitrogens with one attached hydrogen (secondary N) is 1. The molecule has 0 fully saturated rings. The van der Waals surface area contributed by atoms with Crippen molar-refractivity contribution < 1.29 is 4.79 Å². The first kappa shape index (κ1) is 15.2. The fourth-order valence-corrected chi connectivity index (χ4v) is 2.18. The van der Waals surface area contributed by atoms with Crippen molar-refractivity contribution >= 4 is 5.91 Å². The summed E-state index contributed by atoms with van der Waals surface area (Å²) in [6.45, 7) is 2.39. The van der Waals surface area contributed by atoms with E-state index in [9.17, 15) is 4.79 Å². The van der Waals surface area contributed by atoms with Crippen LogP contribution in [-0.2, 0) is 4.79 Å². The van der Waals surface area contributed by atoms with E-state index in [0.29, 0.717) is 6.54 Å². The fraction of sp³-hybridized carbons (Fsp3) is 0.294. The highest BCUT2D eigenvalue weighted by atomic mass is 16.2. The van der Waals surface area contributed by atoms with Gasteiger partial charge in [-0.05, 0) is 49.8 Å². The lowest BCUT2D eigenvalue weighted by molar-refractivity contribution is -0.122. The van der Waals surface area contributed by atoms with Crippen molar-refractivity contribution in [2.45, 2.75) is 13.0 Å². The van der Waals surface area contributed by atoms with Gasteiger partial charge in [0.25, 0.3) is 0 Å². The minimum absolute atomic E-state index is 0.0194. The summed E-state index contributed by atoms with van der Waals surface area (Å²) in [6.07, 6.45) is 3.60. The second-order valence-electron chi connectivity index (χ2n) is 5.39. The van der Waals surface area contributed by atoms with E-state index in [1.54, 1.807) is 6.20 Å². The Morgan fingerprint density at radius 3 is 2.67 bits per heavy atom. The molecule has 2 aromatic rings. The van der Waals surface area contributed by atoms with Gasteiger partial charge in [0.1, 0.15) is 0 Å². The number of benzene rings is 1. The molecule has 1 aromatic carbocycles. The predicted molar refractivity (Wildman–Crippen MR) is 84.8 cm³/mol. The normalized spacial score (nSPS) is 12.2. The molecule has 1 unspecified atom stereocenters. The second kappa shape index (κ2) is 6.99. The van der Waals surface area contributed by atoms with Crippen LogP contribution >= 0.6 is 0 Å². The van der Waals surface area contributed by atoms with Gasteiger partial charge in [-0.15, -0.1) is 0 Å². The first-order valence-corrected chi connectivity index (χ1v) is 7.00. The fourth-order valence-electron chi connectivity index (χ4n) is 2.18. The molecule has 0 saturated heterocycles. The third-order valence-corrected chi connectivity index (χ3v) is 3.22. The van der Waals surface area contributed by atoms with Crippen LogP contribution in [0.3, 0.4) is 0 Å². The summed E-state index contributed by atoms with van der Waals surface area (Å²) in [5, 5.41) is 3.01. The van der Waals surface area contributed by atoms with E-state index < -0.39 is 0 Å². The molecule has 1 atom stereocenters. The van der Waals surface area contributed by atoms with E-state index in [1.807, 2.05) is 56.4 Å². The Balaban J connectivity index is 2.12. The Kier molecular flexibility index (Phi) is 5.06. The number of carbonyl (C=O) groups excluding carboxylic acids is 1. The van der Waals surface area contributed by atoms with E-state index >= 15 is 0 Å². The molecule has 0 radical (unpaired) electrons. The monoisotopic (exact) mass is 283 g/mol. The molecule has 0 bridgehead atoms. The first-order chi connectivity index (χ1) is 10.1. The smallest absolute Gasteiger partial charge is 0.234 e. The summed E-state index contributed by atoms with van der Waals surface area (Å²) in [5.74, 6) is 0.0271. The van der Waals surface area contributed by atoms with Crippen molar-refractivity contribution in [1.82, 2.24) is 15.2 Å². The van der Waals surface area contributed by atoms with E-state index in [-0.39, 0.29) is 11.9 Å². The number of likely N-dealkylation sites (N-methyl/N-ethyl adjacent to an activating group) is 1. The van der Waals surface area contributed by atoms with E-state index in [0.717, 1.165) is 16.7 Å². The number of hydrogen-bond acceptors (Lipinski definition) is 3. The van der Waals surface area contributed by atoms with E-state index in [4.69, 9.17) is 0 Å². The lowest BCUT2D eigenvalue weighted by Crippen LogP contribution is -2.34. The van der Waals surface area contributed by atoms with E-state index in [1.165, 1.54) is 0 Å². The van der Waals surface area contributed by atoms with Crippen LogP contribution in [0, 0.1) is 0 Å². The van der Waals surface area contributed by atoms with Crippen molar-refractivity contribution in [3.05, 3.63) is 54.4 Å². The topological polar surface area (TPSA) is 45.2 Å². The van der Waals surface area contributed by atoms with Crippen molar-refractivity contribution in [3.8, 4) is 11.1 Å². The van der Waals surface area contributed by atoms with Crippen molar-refractivity contribution in [1.29, 1.82) is 0 Å². The van der Waals surface area contributed by atoms with Crippen LogP contribution in [0.5, 0.6) is 0 Å². The number of amides is 1. The van der Waals surface area contributed by atoms with Crippen LogP contribution in [0.2, 0.25) is 0 Å². The van der Waals surface area contributed by atoms with E-state index in [2.05, 4.69) is 22.4 Å². The van der Waals surface area contributed by atoms with Gasteiger partial charge >= 0.3 is 0 Å². The summed E-state index contributed by atoms with van der Waals surface area (Å²) in [4.78, 5) is 17.8. The number of carbonyl (C=O) groups is 1. The summed E-state index contributed by atoms with van der Waals surface area (Å²) < 4.78 is 0. The molecule has 0 spiro atoms. The first-order valence-electron chi connectivity index (χ1n) is 7.00. The summed E-state index contributed by atoms with van der Waals surface area (Å²) >= 11 is 0. The summed E-state index contributed by atoms with van der Waals surface area (Å²) in [5.41, 5.74) is 3.27. The van der Waals surface area contributed by atoms with Gasteiger partial charge < -0.3 is 10.2 Å². The third kappa shape index (κ3) is 4.39. The number of hydrogen-bond donors (Lipinski definition) is 1. The van der Waals surface area contributed by atoms with Crippen LogP contribution in [0.4, 0.5) is 0 Å². The Morgan fingerprint density at radius 2 is 2.00 bits per heavy atom. The quantitative estimate of drug-likeness (QED) is 0.917. The zero-order chi connectivity index (χ0) is 15.2. The molecule has 1 aromatic heterocycles. The lowest BCUT2D eigenvalue weighted by atomic mass is 10.0. The van der Waals surface area contributed by atoms with Crippen LogP contribution < -0.4 is 5.32 Å². The average molecular weight is 283 g/mol. The zero-order valence-electron chi connectivity index (χ0n) is 12.7. The highest BCUT2D eigenvalue weighted by Crippen LogP contribution is 2.22. The van der Waals surface area contributed by atoms with Gasteiger partial charge in [0.2, 0.25) is 5.91 Å². The molecule has 4 heteroatoms. The zero-order valence-corrected chi connectivity index (χ0v) is 12.7. The van der Waals surface area contributed by atoms with Gasteiger partial charge in [0.05, 0.1) is 12.6 Å². The largest absolute Gasteiger partial charge is 0.348 e. The maximum absolute atomic E-state index is 11.8. The average Bonchev–Trinajstić information content (AvgIpc) is 2.47. The van der Waals surface area contributed by atoms with Gasteiger partial charge in [-0.25, -0.2) is 0 Å². The van der Waals surface area contributed by atoms with Gasteiger partial charge in [0, 0.05) is 12.4 Å². The Hall–Kier alpha value is -2.20. The van der Waals surface area contributed by atoms with Gasteiger partial charge in [0.15, 0.2) is 0 Å². The SMILES string of the molecule is CC(NC(=O)CN(C)C)c1cccc(-c2cccnc2)c1. The molecule has 21 heavy (non-hydrogen) atoms. The third-order valence-electron chi connectivity index (χ3n) is 3.22. The highest BCUT2D eigenvalue weighted by Gasteiger charge is 2.11. The van der Waals surface area contributed by atoms with Crippen LogP contribution in [0.15, 0.2) is 48.8 Å². The van der Waals surface area contributed by atoms with Gasteiger partial charge in [-0.3, -0.25) is 9.78 Å². The van der Waals surface area contributed by atoms with Crippen molar-refractivity contribution in [3.63, 3.8) is 0 Å². The summed E-state index contributed by atoms with van der Waals surface area (Å²) in [6, 6.07) is 12.1. The number of aromatic nitrogens is 1. The molecule has 2 rings (SSSR count). The number of nitrogens with zero attached hydrogens (tertiary/aromatic N) is 2. The number of pyridine rings is 1. The molecule has 0 aliphatic rings. The lowest BCUT2D eigenvalue weighted by Gasteiger charge is -2.17. The van der Waals surface area contributed by atoms with Crippen LogP contribution in [0.25, 0.3) is 11.1 Å². The predicted octanol–water partition coefficient (Wildman–Crippen LogP) is 2.49. The molecule has 1 heterocycles. The van der Waals surface area contributed by atoms with Crippen LogP contribution in [-0.4, -0.2) is 36.4 Å². The molecule has 4 nitrogen and oxygen atoms in total. The highest BCUT2D eigenvalue weighted by molar-refractivity contribution is 5.78. The van der Waals surface area contributed by atoms with Gasteiger partial charge in [-0.2, -0.15) is 0 Å². The Bertz CT molecular complexity index is 596. The number of rotatable bonds is 5. The molecular weight excluding hydrogens is 262 g/mol. The molecule has 0 aliphatic carbocycles. The standard InChI is InChI=1S/C17H21N3O/c1-13(19-17(21)12-20(2)3)14-6-4-7-15(10-14)16-8-5-9-18-11-16/h4-11,13H,12H2,1-3H3,(H,19,21). The maximum Gasteiger partial charge on any atom is 0.234 e. The van der Waals surface area contributed by atoms with Gasteiger partial charge in [-0.1, -0.05) is 24.3 Å². The summed E-state index contributed by atoms with van der Waals surface area (Å²) in [7, 11) is 3.76. The maximum atomic E-state index is 11.8.